The van der Waals surface area contributed by atoms with Crippen LogP contribution in [0.3, 0.4) is 0 Å². The third kappa shape index (κ3) is 5.45. The van der Waals surface area contributed by atoms with E-state index in [0.29, 0.717) is 19.6 Å². The lowest BCUT2D eigenvalue weighted by atomic mass is 10.2. The van der Waals surface area contributed by atoms with Gasteiger partial charge in [-0.2, -0.15) is 5.10 Å². The van der Waals surface area contributed by atoms with Crippen LogP contribution in [0.2, 0.25) is 0 Å². The Morgan fingerprint density at radius 2 is 1.90 bits per heavy atom. The number of hydrogen-bond acceptors (Lipinski definition) is 3. The minimum Gasteiger partial charge on any atom is -0.357 e. The molecule has 0 aromatic carbocycles. The molecule has 0 aliphatic heterocycles. The second-order valence-corrected chi connectivity index (χ2v) is 4.88. The van der Waals surface area contributed by atoms with Gasteiger partial charge in [0.25, 0.3) is 0 Å². The molecule has 0 aliphatic carbocycles. The first kappa shape index (κ1) is 17.0. The summed E-state index contributed by atoms with van der Waals surface area (Å²) < 4.78 is 1.87. The van der Waals surface area contributed by atoms with Crippen LogP contribution in [0.15, 0.2) is 4.99 Å². The summed E-state index contributed by atoms with van der Waals surface area (Å²) in [4.78, 5) is 15.4. The third-order valence-corrected chi connectivity index (χ3v) is 3.19. The van der Waals surface area contributed by atoms with Gasteiger partial charge in [0.15, 0.2) is 5.96 Å². The quantitative estimate of drug-likeness (QED) is 0.398. The van der Waals surface area contributed by atoms with Crippen molar-refractivity contribution in [2.45, 2.75) is 34.2 Å². The second kappa shape index (κ2) is 8.28. The van der Waals surface area contributed by atoms with E-state index in [9.17, 15) is 4.79 Å². The maximum absolute atomic E-state index is 10.8. The Kier molecular flexibility index (Phi) is 6.71. The van der Waals surface area contributed by atoms with Crippen LogP contribution in [0.5, 0.6) is 0 Å². The lowest BCUT2D eigenvalue weighted by molar-refractivity contribution is -0.118. The fourth-order valence-corrected chi connectivity index (χ4v) is 1.97. The molecule has 0 atom stereocenters. The average Bonchev–Trinajstić information content (AvgIpc) is 2.65. The van der Waals surface area contributed by atoms with Gasteiger partial charge in [0.2, 0.25) is 5.91 Å². The number of carbonyl (C=O) groups is 1. The summed E-state index contributed by atoms with van der Waals surface area (Å²) >= 11 is 0. The topological polar surface area (TPSA) is 83.3 Å². The summed E-state index contributed by atoms with van der Waals surface area (Å²) in [7, 11) is 1.94. The molecule has 1 heterocycles. The van der Waals surface area contributed by atoms with Crippen LogP contribution in [0.4, 0.5) is 0 Å². The minimum atomic E-state index is -0.0275. The van der Waals surface area contributed by atoms with E-state index in [0.717, 1.165) is 29.5 Å². The predicted octanol–water partition coefficient (Wildman–Crippen LogP) is 0.228. The van der Waals surface area contributed by atoms with E-state index in [2.05, 4.69) is 26.0 Å². The van der Waals surface area contributed by atoms with Crippen LogP contribution in [-0.2, 0) is 18.4 Å². The van der Waals surface area contributed by atoms with Gasteiger partial charge in [0.1, 0.15) is 0 Å². The number of carbonyl (C=O) groups excluding carboxylic acids is 1. The van der Waals surface area contributed by atoms with Crippen molar-refractivity contribution in [1.29, 1.82) is 0 Å². The normalized spacial score (nSPS) is 11.4. The second-order valence-electron chi connectivity index (χ2n) is 4.88. The molecule has 1 aromatic rings. The van der Waals surface area contributed by atoms with Crippen molar-refractivity contribution in [3.8, 4) is 0 Å². The number of amides is 1. The lowest BCUT2D eigenvalue weighted by Gasteiger charge is -2.11. The molecule has 0 spiro atoms. The van der Waals surface area contributed by atoms with Crippen molar-refractivity contribution in [3.05, 3.63) is 17.0 Å². The highest BCUT2D eigenvalue weighted by atomic mass is 16.1. The minimum absolute atomic E-state index is 0.0275. The Balaban J connectivity index is 2.60. The zero-order valence-electron chi connectivity index (χ0n) is 13.6. The molecule has 1 aromatic heterocycles. The van der Waals surface area contributed by atoms with Crippen molar-refractivity contribution in [2.75, 3.05) is 19.6 Å². The fraction of sp³-hybridized carbons (Fsp3) is 0.643. The summed E-state index contributed by atoms with van der Waals surface area (Å²) in [6.07, 6.45) is 0. The molecule has 0 unspecified atom stereocenters. The fourth-order valence-electron chi connectivity index (χ4n) is 1.97. The smallest absolute Gasteiger partial charge is 0.216 e. The Morgan fingerprint density at radius 3 is 2.43 bits per heavy atom. The first-order valence-electron chi connectivity index (χ1n) is 7.21. The Hall–Kier alpha value is -2.05. The van der Waals surface area contributed by atoms with Crippen LogP contribution in [0.25, 0.3) is 0 Å². The van der Waals surface area contributed by atoms with Crippen LogP contribution in [0, 0.1) is 13.8 Å². The Bertz CT molecular complexity index is 506. The molecule has 0 saturated heterocycles. The molecule has 0 fully saturated rings. The third-order valence-electron chi connectivity index (χ3n) is 3.19. The molecule has 0 radical (unpaired) electrons. The van der Waals surface area contributed by atoms with Gasteiger partial charge < -0.3 is 16.0 Å². The molecule has 3 N–H and O–H groups in total. The first-order chi connectivity index (χ1) is 9.95. The van der Waals surface area contributed by atoms with Gasteiger partial charge in [-0.1, -0.05) is 0 Å². The number of hydrogen-bond donors (Lipinski definition) is 3. The number of guanidine groups is 1. The monoisotopic (exact) mass is 294 g/mol. The molecule has 1 rings (SSSR count). The van der Waals surface area contributed by atoms with Crippen molar-refractivity contribution in [2.24, 2.45) is 12.0 Å². The molecule has 21 heavy (non-hydrogen) atoms. The van der Waals surface area contributed by atoms with Gasteiger partial charge in [-0.3, -0.25) is 9.48 Å². The van der Waals surface area contributed by atoms with E-state index < -0.39 is 0 Å². The molecular weight excluding hydrogens is 268 g/mol. The van der Waals surface area contributed by atoms with E-state index in [1.54, 1.807) is 0 Å². The molecular formula is C14H26N6O. The maximum Gasteiger partial charge on any atom is 0.216 e. The highest BCUT2D eigenvalue weighted by molar-refractivity contribution is 5.79. The van der Waals surface area contributed by atoms with E-state index in [4.69, 9.17) is 0 Å². The molecule has 0 aliphatic rings. The summed E-state index contributed by atoms with van der Waals surface area (Å²) in [5.41, 5.74) is 3.29. The van der Waals surface area contributed by atoms with E-state index in [1.165, 1.54) is 6.92 Å². The van der Waals surface area contributed by atoms with Crippen molar-refractivity contribution in [3.63, 3.8) is 0 Å². The number of nitrogens with zero attached hydrogens (tertiary/aromatic N) is 3. The molecule has 0 saturated carbocycles. The Morgan fingerprint density at radius 1 is 1.24 bits per heavy atom. The van der Waals surface area contributed by atoms with Crippen molar-refractivity contribution in [1.82, 2.24) is 25.7 Å². The molecule has 0 bridgehead atoms. The number of rotatable bonds is 6. The van der Waals surface area contributed by atoms with Crippen LogP contribution >= 0.6 is 0 Å². The molecule has 7 nitrogen and oxygen atoms in total. The number of aromatic nitrogens is 2. The van der Waals surface area contributed by atoms with Crippen LogP contribution in [0.1, 0.15) is 30.8 Å². The molecule has 118 valence electrons. The zero-order chi connectivity index (χ0) is 15.8. The summed E-state index contributed by atoms with van der Waals surface area (Å²) in [5.74, 6) is 0.714. The lowest BCUT2D eigenvalue weighted by Crippen LogP contribution is -2.41. The van der Waals surface area contributed by atoms with Gasteiger partial charge in [-0.05, 0) is 20.8 Å². The zero-order valence-corrected chi connectivity index (χ0v) is 13.6. The molecule has 7 heteroatoms. The standard InChI is InChI=1S/C14H26N6O/c1-6-15-14(17-8-7-16-12(4)21)18-9-13-10(2)19-20(5)11(13)3/h6-9H2,1-5H3,(H,16,21)(H2,15,17,18). The first-order valence-corrected chi connectivity index (χ1v) is 7.21. The van der Waals surface area contributed by atoms with Crippen LogP contribution in [-0.4, -0.2) is 41.3 Å². The molecule has 1 amide bonds. The van der Waals surface area contributed by atoms with E-state index >= 15 is 0 Å². The SMILES string of the molecule is CCNC(=NCc1c(C)nn(C)c1C)NCCNC(C)=O. The van der Waals surface area contributed by atoms with Crippen molar-refractivity contribution < 1.29 is 4.79 Å². The number of nitrogens with one attached hydrogen (secondary N) is 3. The maximum atomic E-state index is 10.8. The van der Waals surface area contributed by atoms with E-state index in [1.807, 2.05) is 32.5 Å². The van der Waals surface area contributed by atoms with Crippen molar-refractivity contribution >= 4 is 11.9 Å². The predicted molar refractivity (Wildman–Crippen MR) is 84.2 cm³/mol. The number of aliphatic imine (C=N–C) groups is 1. The van der Waals surface area contributed by atoms with Gasteiger partial charge in [0.05, 0.1) is 12.2 Å². The summed E-state index contributed by atoms with van der Waals surface area (Å²) in [5, 5.41) is 13.5. The van der Waals surface area contributed by atoms with Gasteiger partial charge >= 0.3 is 0 Å². The highest BCUT2D eigenvalue weighted by Gasteiger charge is 2.08. The Labute approximate surface area is 126 Å². The summed E-state index contributed by atoms with van der Waals surface area (Å²) in [6, 6.07) is 0. The van der Waals surface area contributed by atoms with Gasteiger partial charge in [-0.25, -0.2) is 4.99 Å². The van der Waals surface area contributed by atoms with Crippen LogP contribution < -0.4 is 16.0 Å². The van der Waals surface area contributed by atoms with E-state index in [-0.39, 0.29) is 5.91 Å². The summed E-state index contributed by atoms with van der Waals surface area (Å²) in [6.45, 7) is 10.1. The number of aryl methyl sites for hydroxylation is 2. The van der Waals surface area contributed by atoms with Gasteiger partial charge in [0, 0.05) is 44.9 Å². The highest BCUT2D eigenvalue weighted by Crippen LogP contribution is 2.12. The average molecular weight is 294 g/mol. The largest absolute Gasteiger partial charge is 0.357 e. The van der Waals surface area contributed by atoms with Gasteiger partial charge in [-0.15, -0.1) is 0 Å².